The number of nitrogens with two attached hydrogens (primary N) is 1. The number of carbonyl (C=O) groups is 1. The van der Waals surface area contributed by atoms with Crippen molar-refractivity contribution in [2.24, 2.45) is 0 Å². The molecule has 1 aromatic carbocycles. The highest BCUT2D eigenvalue weighted by molar-refractivity contribution is 8.00. The third-order valence-electron chi connectivity index (χ3n) is 2.81. The zero-order valence-electron chi connectivity index (χ0n) is 11.5. The predicted octanol–water partition coefficient (Wildman–Crippen LogP) is 1.94. The first-order chi connectivity index (χ1) is 11.0. The lowest BCUT2D eigenvalue weighted by Crippen LogP contribution is -2.14. The Kier molecular flexibility index (Phi) is 4.06. The molecule has 0 saturated carbocycles. The van der Waals surface area contributed by atoms with E-state index >= 15 is 0 Å². The fraction of sp³-hybridized carbons (Fsp3) is 0.0769. The van der Waals surface area contributed by atoms with Gasteiger partial charge in [0.15, 0.2) is 17.3 Å². The van der Waals surface area contributed by atoms with E-state index in [1.807, 2.05) is 0 Å². The van der Waals surface area contributed by atoms with Gasteiger partial charge in [0.25, 0.3) is 0 Å². The van der Waals surface area contributed by atoms with E-state index in [1.165, 1.54) is 12.4 Å². The lowest BCUT2D eigenvalue weighted by molar-refractivity contribution is -0.113. The number of hydrogen-bond donors (Lipinski definition) is 3. The van der Waals surface area contributed by atoms with Crippen LogP contribution in [0.25, 0.3) is 11.2 Å². The number of thioether (sulfide) groups is 1. The number of aromatic nitrogens is 4. The van der Waals surface area contributed by atoms with Crippen molar-refractivity contribution in [1.82, 2.24) is 19.9 Å². The van der Waals surface area contributed by atoms with Crippen molar-refractivity contribution in [2.45, 2.75) is 5.03 Å². The van der Waals surface area contributed by atoms with Crippen LogP contribution >= 0.6 is 11.8 Å². The number of nitrogens with one attached hydrogen (secondary N) is 2. The zero-order valence-corrected chi connectivity index (χ0v) is 12.3. The summed E-state index contributed by atoms with van der Waals surface area (Å²) in [6.45, 7) is 0. The highest BCUT2D eigenvalue weighted by Crippen LogP contribution is 2.23. The second kappa shape index (κ2) is 6.16. The number of nitrogens with zero attached hydrogens (tertiary/aromatic N) is 3. The van der Waals surface area contributed by atoms with Crippen molar-refractivity contribution in [3.05, 3.63) is 36.2 Å². The molecule has 1 amide bonds. The maximum Gasteiger partial charge on any atom is 0.234 e. The summed E-state index contributed by atoms with van der Waals surface area (Å²) in [5.41, 5.74) is 6.72. The van der Waals surface area contributed by atoms with Crippen molar-refractivity contribution < 1.29 is 13.6 Å². The van der Waals surface area contributed by atoms with Crippen molar-refractivity contribution in [3.8, 4) is 0 Å². The maximum absolute atomic E-state index is 13.1. The molecule has 0 atom stereocenters. The number of hydrogen-bond acceptors (Lipinski definition) is 6. The number of rotatable bonds is 4. The van der Waals surface area contributed by atoms with Gasteiger partial charge in [-0.25, -0.2) is 18.7 Å². The van der Waals surface area contributed by atoms with Crippen molar-refractivity contribution in [1.29, 1.82) is 0 Å². The van der Waals surface area contributed by atoms with Gasteiger partial charge >= 0.3 is 0 Å². The number of fused-ring (bicyclic) bond motifs is 1. The van der Waals surface area contributed by atoms with Crippen LogP contribution in [0.4, 0.5) is 20.4 Å². The number of amides is 1. The second-order valence-corrected chi connectivity index (χ2v) is 5.42. The van der Waals surface area contributed by atoms with Gasteiger partial charge < -0.3 is 16.0 Å². The Morgan fingerprint density at radius 1 is 1.30 bits per heavy atom. The Morgan fingerprint density at radius 2 is 2.13 bits per heavy atom. The minimum absolute atomic E-state index is 0.00354. The summed E-state index contributed by atoms with van der Waals surface area (Å²) in [6.07, 6.45) is 1.45. The van der Waals surface area contributed by atoms with E-state index in [1.54, 1.807) is 0 Å². The lowest BCUT2D eigenvalue weighted by Gasteiger charge is -2.06. The molecule has 2 aromatic heterocycles. The molecule has 3 rings (SSSR count). The fourth-order valence-electron chi connectivity index (χ4n) is 1.83. The van der Waals surface area contributed by atoms with Gasteiger partial charge in [0.2, 0.25) is 11.9 Å². The molecule has 0 spiro atoms. The van der Waals surface area contributed by atoms with E-state index in [9.17, 15) is 13.6 Å². The van der Waals surface area contributed by atoms with Gasteiger partial charge in [0.1, 0.15) is 10.5 Å². The summed E-state index contributed by atoms with van der Waals surface area (Å²) in [4.78, 5) is 26.7. The molecule has 0 bridgehead atoms. The molecule has 10 heteroatoms. The topological polar surface area (TPSA) is 110 Å². The first-order valence-corrected chi connectivity index (χ1v) is 7.36. The molecule has 2 heterocycles. The minimum Gasteiger partial charge on any atom is -0.368 e. The van der Waals surface area contributed by atoms with Crippen molar-refractivity contribution >= 4 is 40.5 Å². The fourth-order valence-corrected chi connectivity index (χ4v) is 2.62. The Hall–Kier alpha value is -2.75. The average Bonchev–Trinajstić information content (AvgIpc) is 2.97. The molecule has 118 valence electrons. The number of nitrogen functional groups attached to an aromatic ring is 1. The van der Waals surface area contributed by atoms with Crippen LogP contribution in [0.5, 0.6) is 0 Å². The molecule has 0 aliphatic carbocycles. The summed E-state index contributed by atoms with van der Waals surface area (Å²) in [6, 6.07) is 3.13. The number of H-pyrrole nitrogens is 1. The number of halogens is 2. The third kappa shape index (κ3) is 3.37. The zero-order chi connectivity index (χ0) is 16.4. The molecule has 23 heavy (non-hydrogen) atoms. The van der Waals surface area contributed by atoms with Gasteiger partial charge in [-0.05, 0) is 12.1 Å². The number of anilines is 2. The van der Waals surface area contributed by atoms with Crippen LogP contribution in [-0.2, 0) is 4.79 Å². The maximum atomic E-state index is 13.1. The normalized spacial score (nSPS) is 10.9. The minimum atomic E-state index is -1.03. The van der Waals surface area contributed by atoms with Gasteiger partial charge in [-0.2, -0.15) is 4.98 Å². The van der Waals surface area contributed by atoms with Gasteiger partial charge in [0.05, 0.1) is 12.1 Å². The molecule has 4 N–H and O–H groups in total. The number of imidazole rings is 1. The van der Waals surface area contributed by atoms with Gasteiger partial charge in [-0.15, -0.1) is 0 Å². The quantitative estimate of drug-likeness (QED) is 0.496. The number of carbonyl (C=O) groups excluding carboxylic acids is 1. The molecule has 3 aromatic rings. The van der Waals surface area contributed by atoms with Crippen molar-refractivity contribution in [3.63, 3.8) is 0 Å². The summed E-state index contributed by atoms with van der Waals surface area (Å²) >= 11 is 1.12. The summed E-state index contributed by atoms with van der Waals surface area (Å²) in [7, 11) is 0. The van der Waals surface area contributed by atoms with Crippen LogP contribution in [0.2, 0.25) is 0 Å². The van der Waals surface area contributed by atoms with E-state index in [2.05, 4.69) is 25.3 Å². The van der Waals surface area contributed by atoms with Crippen LogP contribution in [0, 0.1) is 11.6 Å². The smallest absolute Gasteiger partial charge is 0.234 e. The first kappa shape index (κ1) is 15.2. The van der Waals surface area contributed by atoms with Crippen molar-refractivity contribution in [2.75, 3.05) is 16.8 Å². The molecule has 0 aliphatic rings. The molecule has 0 aliphatic heterocycles. The van der Waals surface area contributed by atoms with Crippen LogP contribution in [-0.4, -0.2) is 31.6 Å². The molecular formula is C13H10F2N6OS. The highest BCUT2D eigenvalue weighted by atomic mass is 32.2. The van der Waals surface area contributed by atoms with E-state index in [0.717, 1.165) is 23.9 Å². The molecule has 0 unspecified atom stereocenters. The summed E-state index contributed by atoms with van der Waals surface area (Å²) < 4.78 is 25.9. The lowest BCUT2D eigenvalue weighted by atomic mass is 10.3. The molecule has 0 fully saturated rings. The monoisotopic (exact) mass is 336 g/mol. The van der Waals surface area contributed by atoms with E-state index in [0.29, 0.717) is 16.2 Å². The van der Waals surface area contributed by atoms with Crippen LogP contribution < -0.4 is 11.1 Å². The number of benzene rings is 1. The number of aromatic amines is 1. The Labute approximate surface area is 132 Å². The standard InChI is InChI=1S/C13H10F2N6OS/c14-7-2-1-6(3-8(7)15)19-9(22)4-23-12-10-11(18-5-17-10)20-13(16)21-12/h1-3,5H,4H2,(H,19,22)(H3,16,17,18,20,21). The molecule has 0 saturated heterocycles. The predicted molar refractivity (Wildman–Crippen MR) is 81.8 cm³/mol. The van der Waals surface area contributed by atoms with E-state index in [4.69, 9.17) is 5.73 Å². The van der Waals surface area contributed by atoms with Gasteiger partial charge in [-0.3, -0.25) is 4.79 Å². The van der Waals surface area contributed by atoms with Crippen LogP contribution in [0.3, 0.4) is 0 Å². The van der Waals surface area contributed by atoms with Gasteiger partial charge in [-0.1, -0.05) is 11.8 Å². The Morgan fingerprint density at radius 3 is 2.91 bits per heavy atom. The molecule has 7 nitrogen and oxygen atoms in total. The average molecular weight is 336 g/mol. The van der Waals surface area contributed by atoms with E-state index in [-0.39, 0.29) is 17.4 Å². The largest absolute Gasteiger partial charge is 0.368 e. The first-order valence-electron chi connectivity index (χ1n) is 6.37. The Balaban J connectivity index is 1.68. The van der Waals surface area contributed by atoms with Crippen LogP contribution in [0.1, 0.15) is 0 Å². The van der Waals surface area contributed by atoms with Crippen LogP contribution in [0.15, 0.2) is 29.6 Å². The Bertz CT molecular complexity index is 884. The summed E-state index contributed by atoms with van der Waals surface area (Å²) in [5.74, 6) is -2.35. The molecule has 0 radical (unpaired) electrons. The SMILES string of the molecule is Nc1nc(SCC(=O)Nc2ccc(F)c(F)c2)c2[nH]cnc2n1. The van der Waals surface area contributed by atoms with Gasteiger partial charge in [0, 0.05) is 11.8 Å². The molecular weight excluding hydrogens is 326 g/mol. The van der Waals surface area contributed by atoms with E-state index < -0.39 is 17.5 Å². The third-order valence-corrected chi connectivity index (χ3v) is 3.79. The highest BCUT2D eigenvalue weighted by Gasteiger charge is 2.12. The summed E-state index contributed by atoms with van der Waals surface area (Å²) in [5, 5.41) is 2.95. The second-order valence-electron chi connectivity index (χ2n) is 4.45.